The van der Waals surface area contributed by atoms with E-state index in [2.05, 4.69) is 10.6 Å². The Kier molecular flexibility index (Phi) is 7.06. The van der Waals surface area contributed by atoms with Crippen LogP contribution < -0.4 is 10.6 Å². The summed E-state index contributed by atoms with van der Waals surface area (Å²) in [5, 5.41) is 15.7. The molecule has 0 bridgehead atoms. The number of carboxylic acids is 1. The molecule has 0 saturated carbocycles. The summed E-state index contributed by atoms with van der Waals surface area (Å²) in [4.78, 5) is 37.1. The second-order valence-electron chi connectivity index (χ2n) is 8.37. The number of benzene rings is 1. The molecule has 0 aliphatic heterocycles. The van der Waals surface area contributed by atoms with Gasteiger partial charge in [-0.05, 0) is 43.4 Å². The molecule has 0 fully saturated rings. The van der Waals surface area contributed by atoms with Crippen LogP contribution in [0.1, 0.15) is 50.2 Å². The van der Waals surface area contributed by atoms with Crippen LogP contribution in [0.5, 0.6) is 0 Å². The SMILES string of the molecule is Cc1ccc2c(c1)cc(C(=O)NC(C(=O)NC(CC(C)C)C(=O)O)C(C)C)n2C. The maximum atomic E-state index is 12.9. The third kappa shape index (κ3) is 5.37. The normalized spacial score (nSPS) is 13.5. The lowest BCUT2D eigenvalue weighted by atomic mass is 10.0. The van der Waals surface area contributed by atoms with Gasteiger partial charge in [-0.15, -0.1) is 0 Å². The lowest BCUT2D eigenvalue weighted by molar-refractivity contribution is -0.142. The standard InChI is InChI=1S/C22H31N3O4/c1-12(2)9-16(22(28)29)23-21(27)19(13(3)4)24-20(26)18-11-15-10-14(5)7-8-17(15)25(18)6/h7-8,10-13,16,19H,9H2,1-6H3,(H,23,27)(H,24,26)(H,28,29). The van der Waals surface area contributed by atoms with Gasteiger partial charge in [0.05, 0.1) is 0 Å². The Morgan fingerprint density at radius 3 is 2.28 bits per heavy atom. The molecule has 2 rings (SSSR count). The predicted molar refractivity (Wildman–Crippen MR) is 113 cm³/mol. The Morgan fingerprint density at radius 2 is 1.72 bits per heavy atom. The first kappa shape index (κ1) is 22.5. The average molecular weight is 402 g/mol. The van der Waals surface area contributed by atoms with Crippen molar-refractivity contribution in [2.45, 2.75) is 53.1 Å². The lowest BCUT2D eigenvalue weighted by Crippen LogP contribution is -2.54. The summed E-state index contributed by atoms with van der Waals surface area (Å²) in [5.41, 5.74) is 2.47. The Bertz CT molecular complexity index is 914. The van der Waals surface area contributed by atoms with Gasteiger partial charge in [0.2, 0.25) is 5.91 Å². The molecule has 0 saturated heterocycles. The van der Waals surface area contributed by atoms with Crippen LogP contribution in [0, 0.1) is 18.8 Å². The maximum Gasteiger partial charge on any atom is 0.326 e. The van der Waals surface area contributed by atoms with Crippen LogP contribution in [-0.4, -0.2) is 39.5 Å². The van der Waals surface area contributed by atoms with Crippen molar-refractivity contribution in [2.24, 2.45) is 18.9 Å². The molecule has 158 valence electrons. The first-order valence-electron chi connectivity index (χ1n) is 9.91. The van der Waals surface area contributed by atoms with Crippen LogP contribution in [0.25, 0.3) is 10.9 Å². The van der Waals surface area contributed by atoms with Crippen molar-refractivity contribution in [2.75, 3.05) is 0 Å². The quantitative estimate of drug-likeness (QED) is 0.633. The third-order valence-electron chi connectivity index (χ3n) is 4.99. The van der Waals surface area contributed by atoms with Crippen LogP contribution >= 0.6 is 0 Å². The van der Waals surface area contributed by atoms with Crippen LogP contribution in [0.15, 0.2) is 24.3 Å². The minimum absolute atomic E-state index is 0.114. The number of carboxylic acid groups (broad SMARTS) is 1. The number of aliphatic carboxylic acids is 1. The van der Waals surface area contributed by atoms with E-state index in [0.717, 1.165) is 16.5 Å². The van der Waals surface area contributed by atoms with Gasteiger partial charge in [0.1, 0.15) is 17.8 Å². The molecule has 1 aromatic carbocycles. The molecule has 2 amide bonds. The Labute approximate surface area is 171 Å². The number of nitrogens with zero attached hydrogens (tertiary/aromatic N) is 1. The minimum Gasteiger partial charge on any atom is -0.480 e. The highest BCUT2D eigenvalue weighted by Crippen LogP contribution is 2.20. The lowest BCUT2D eigenvalue weighted by Gasteiger charge is -2.24. The fourth-order valence-electron chi connectivity index (χ4n) is 3.39. The van der Waals surface area contributed by atoms with Gasteiger partial charge < -0.3 is 20.3 Å². The van der Waals surface area contributed by atoms with E-state index in [-0.39, 0.29) is 17.7 Å². The number of amides is 2. The molecule has 7 nitrogen and oxygen atoms in total. The summed E-state index contributed by atoms with van der Waals surface area (Å²) < 4.78 is 1.79. The van der Waals surface area contributed by atoms with Crippen molar-refractivity contribution >= 4 is 28.7 Å². The molecule has 0 spiro atoms. The van der Waals surface area contributed by atoms with Crippen molar-refractivity contribution in [3.8, 4) is 0 Å². The van der Waals surface area contributed by atoms with Crippen molar-refractivity contribution in [3.63, 3.8) is 0 Å². The molecule has 1 aromatic heterocycles. The third-order valence-corrected chi connectivity index (χ3v) is 4.99. The van der Waals surface area contributed by atoms with Gasteiger partial charge >= 0.3 is 5.97 Å². The molecule has 1 heterocycles. The number of fused-ring (bicyclic) bond motifs is 1. The van der Waals surface area contributed by atoms with Gasteiger partial charge in [-0.2, -0.15) is 0 Å². The first-order valence-corrected chi connectivity index (χ1v) is 9.91. The molecule has 7 heteroatoms. The van der Waals surface area contributed by atoms with E-state index < -0.39 is 24.0 Å². The highest BCUT2D eigenvalue weighted by Gasteiger charge is 2.30. The number of hydrogen-bond acceptors (Lipinski definition) is 3. The molecule has 29 heavy (non-hydrogen) atoms. The van der Waals surface area contributed by atoms with Crippen LogP contribution in [-0.2, 0) is 16.6 Å². The fourth-order valence-corrected chi connectivity index (χ4v) is 3.39. The minimum atomic E-state index is -1.08. The number of aryl methyl sites for hydroxylation is 2. The molecule has 2 aromatic rings. The van der Waals surface area contributed by atoms with Gasteiger partial charge in [0.25, 0.3) is 5.91 Å². The zero-order valence-corrected chi connectivity index (χ0v) is 17.9. The summed E-state index contributed by atoms with van der Waals surface area (Å²) in [5.74, 6) is -2.03. The zero-order valence-electron chi connectivity index (χ0n) is 17.9. The van der Waals surface area contributed by atoms with E-state index in [9.17, 15) is 19.5 Å². The highest BCUT2D eigenvalue weighted by atomic mass is 16.4. The second-order valence-corrected chi connectivity index (χ2v) is 8.37. The maximum absolute atomic E-state index is 12.9. The van der Waals surface area contributed by atoms with E-state index in [4.69, 9.17) is 0 Å². The fraction of sp³-hybridized carbons (Fsp3) is 0.500. The van der Waals surface area contributed by atoms with Gasteiger partial charge in [0, 0.05) is 18.0 Å². The Hall–Kier alpha value is -2.83. The van der Waals surface area contributed by atoms with Crippen LogP contribution in [0.2, 0.25) is 0 Å². The van der Waals surface area contributed by atoms with Gasteiger partial charge in [-0.25, -0.2) is 4.79 Å². The van der Waals surface area contributed by atoms with Crippen molar-refractivity contribution < 1.29 is 19.5 Å². The number of aromatic nitrogens is 1. The van der Waals surface area contributed by atoms with E-state index in [1.54, 1.807) is 17.7 Å². The monoisotopic (exact) mass is 401 g/mol. The number of nitrogens with one attached hydrogen (secondary N) is 2. The number of hydrogen-bond donors (Lipinski definition) is 3. The van der Waals surface area contributed by atoms with E-state index >= 15 is 0 Å². The predicted octanol–water partition coefficient (Wildman–Crippen LogP) is 2.86. The summed E-state index contributed by atoms with van der Waals surface area (Å²) in [6, 6.07) is 5.91. The van der Waals surface area contributed by atoms with Gasteiger partial charge in [0.15, 0.2) is 0 Å². The summed E-state index contributed by atoms with van der Waals surface area (Å²) in [7, 11) is 1.81. The number of carbonyl (C=O) groups is 3. The Morgan fingerprint density at radius 1 is 1.07 bits per heavy atom. The van der Waals surface area contributed by atoms with E-state index in [0.29, 0.717) is 12.1 Å². The molecule has 0 aliphatic carbocycles. The first-order chi connectivity index (χ1) is 13.5. The summed E-state index contributed by atoms with van der Waals surface area (Å²) in [6.45, 7) is 9.40. The van der Waals surface area contributed by atoms with Gasteiger partial charge in [-0.1, -0.05) is 39.3 Å². The smallest absolute Gasteiger partial charge is 0.326 e. The number of carbonyl (C=O) groups excluding carboxylic acids is 2. The molecule has 3 N–H and O–H groups in total. The zero-order chi connectivity index (χ0) is 21.9. The molecule has 0 aliphatic rings. The Balaban J connectivity index is 2.21. The topological polar surface area (TPSA) is 100 Å². The van der Waals surface area contributed by atoms with E-state index in [1.165, 1.54) is 0 Å². The second kappa shape index (κ2) is 9.11. The molecule has 0 radical (unpaired) electrons. The average Bonchev–Trinajstić information content (AvgIpc) is 2.94. The van der Waals surface area contributed by atoms with E-state index in [1.807, 2.05) is 52.8 Å². The molecule has 2 atom stereocenters. The summed E-state index contributed by atoms with van der Waals surface area (Å²) in [6.07, 6.45) is 0.322. The van der Waals surface area contributed by atoms with Crippen molar-refractivity contribution in [1.82, 2.24) is 15.2 Å². The largest absolute Gasteiger partial charge is 0.480 e. The number of rotatable bonds is 8. The highest BCUT2D eigenvalue weighted by molar-refractivity contribution is 6.01. The van der Waals surface area contributed by atoms with Crippen molar-refractivity contribution in [1.29, 1.82) is 0 Å². The van der Waals surface area contributed by atoms with Crippen LogP contribution in [0.3, 0.4) is 0 Å². The van der Waals surface area contributed by atoms with Gasteiger partial charge in [-0.3, -0.25) is 9.59 Å². The molecular formula is C22H31N3O4. The molecular weight excluding hydrogens is 370 g/mol. The van der Waals surface area contributed by atoms with Crippen LogP contribution in [0.4, 0.5) is 0 Å². The summed E-state index contributed by atoms with van der Waals surface area (Å²) >= 11 is 0. The van der Waals surface area contributed by atoms with Crippen molar-refractivity contribution in [3.05, 3.63) is 35.5 Å². The molecule has 2 unspecified atom stereocenters.